The van der Waals surface area contributed by atoms with Crippen molar-refractivity contribution in [2.24, 2.45) is 11.8 Å². The minimum Gasteiger partial charge on any atom is -0.459 e. The van der Waals surface area contributed by atoms with Gasteiger partial charge in [0.1, 0.15) is 6.10 Å². The minimum atomic E-state index is -0.196. The predicted octanol–water partition coefficient (Wildman–Crippen LogP) is 2.93. The van der Waals surface area contributed by atoms with Crippen LogP contribution in [0.5, 0.6) is 0 Å². The molecule has 0 spiro atoms. The molecule has 3 atom stereocenters. The van der Waals surface area contributed by atoms with Crippen LogP contribution in [-0.2, 0) is 9.53 Å². The van der Waals surface area contributed by atoms with Crippen molar-refractivity contribution in [3.63, 3.8) is 0 Å². The van der Waals surface area contributed by atoms with Crippen molar-refractivity contribution in [1.82, 2.24) is 0 Å². The molecule has 0 radical (unpaired) electrons. The summed E-state index contributed by atoms with van der Waals surface area (Å²) in [7, 11) is 0. The summed E-state index contributed by atoms with van der Waals surface area (Å²) in [5.41, 5.74) is 0. The summed E-state index contributed by atoms with van der Waals surface area (Å²) in [6.45, 7) is 6.17. The Morgan fingerprint density at radius 2 is 1.86 bits per heavy atom. The molecule has 0 N–H and O–H groups in total. The van der Waals surface area contributed by atoms with Crippen LogP contribution in [0.3, 0.4) is 0 Å². The van der Waals surface area contributed by atoms with Crippen LogP contribution in [0.2, 0.25) is 0 Å². The van der Waals surface area contributed by atoms with Gasteiger partial charge in [-0.2, -0.15) is 0 Å². The van der Waals surface area contributed by atoms with Gasteiger partial charge in [-0.3, -0.25) is 0 Å². The Bertz CT molecular complexity index is 210. The highest BCUT2D eigenvalue weighted by molar-refractivity contribution is 5.81. The lowest BCUT2D eigenvalue weighted by atomic mass is 9.80. The summed E-state index contributed by atoms with van der Waals surface area (Å²) >= 11 is 0. The van der Waals surface area contributed by atoms with Crippen molar-refractivity contribution in [2.75, 3.05) is 0 Å². The van der Waals surface area contributed by atoms with E-state index in [2.05, 4.69) is 13.8 Å². The van der Waals surface area contributed by atoms with Crippen LogP contribution < -0.4 is 0 Å². The fraction of sp³-hybridized carbons (Fsp3) is 0.750. The van der Waals surface area contributed by atoms with E-state index >= 15 is 0 Å². The van der Waals surface area contributed by atoms with E-state index in [-0.39, 0.29) is 12.1 Å². The molecule has 0 aromatic rings. The lowest BCUT2D eigenvalue weighted by Crippen LogP contribution is -2.34. The van der Waals surface area contributed by atoms with Crippen LogP contribution in [0.4, 0.5) is 0 Å². The zero-order chi connectivity index (χ0) is 10.6. The summed E-state index contributed by atoms with van der Waals surface area (Å²) in [6.07, 6.45) is 6.96. The average Bonchev–Trinajstić information content (AvgIpc) is 2.12. The third-order valence-corrected chi connectivity index (χ3v) is 3.00. The highest BCUT2D eigenvalue weighted by Crippen LogP contribution is 2.31. The van der Waals surface area contributed by atoms with Gasteiger partial charge in [-0.05, 0) is 31.6 Å². The van der Waals surface area contributed by atoms with Gasteiger partial charge in [0.15, 0.2) is 0 Å². The van der Waals surface area contributed by atoms with Crippen LogP contribution >= 0.6 is 0 Å². The van der Waals surface area contributed by atoms with E-state index in [1.807, 2.05) is 6.92 Å². The van der Waals surface area contributed by atoms with E-state index in [0.717, 1.165) is 0 Å². The Hall–Kier alpha value is -0.790. The van der Waals surface area contributed by atoms with Gasteiger partial charge >= 0.3 is 5.97 Å². The van der Waals surface area contributed by atoms with Crippen molar-refractivity contribution in [3.05, 3.63) is 12.2 Å². The van der Waals surface area contributed by atoms with Gasteiger partial charge in [0.2, 0.25) is 0 Å². The molecule has 0 bridgehead atoms. The van der Waals surface area contributed by atoms with Crippen LogP contribution in [-0.4, -0.2) is 12.1 Å². The van der Waals surface area contributed by atoms with E-state index in [1.165, 1.54) is 25.3 Å². The van der Waals surface area contributed by atoms with Crippen molar-refractivity contribution in [3.8, 4) is 0 Å². The van der Waals surface area contributed by atoms with Crippen LogP contribution in [0.15, 0.2) is 12.2 Å². The molecule has 0 amide bonds. The largest absolute Gasteiger partial charge is 0.459 e. The molecule has 1 rings (SSSR count). The monoisotopic (exact) mass is 196 g/mol. The number of carbonyl (C=O) groups excluding carboxylic acids is 1. The van der Waals surface area contributed by atoms with Crippen molar-refractivity contribution in [2.45, 2.75) is 46.1 Å². The maximum atomic E-state index is 11.3. The smallest absolute Gasteiger partial charge is 0.330 e. The predicted molar refractivity (Wildman–Crippen MR) is 56.9 cm³/mol. The Kier molecular flexibility index (Phi) is 4.18. The molecule has 2 nitrogen and oxygen atoms in total. The highest BCUT2D eigenvalue weighted by Gasteiger charge is 2.30. The van der Waals surface area contributed by atoms with E-state index in [1.54, 1.807) is 6.08 Å². The normalized spacial score (nSPS) is 33.2. The standard InChI is InChI=1S/C12H20O2/c1-4-6-11(13)14-12-9(2)7-5-8-10(12)3/h4,6,9-10,12H,5,7-8H2,1-3H3/b6-4+/t9-,10+,12?. The van der Waals surface area contributed by atoms with Gasteiger partial charge in [0.05, 0.1) is 0 Å². The quantitative estimate of drug-likeness (QED) is 0.501. The maximum Gasteiger partial charge on any atom is 0.330 e. The van der Waals surface area contributed by atoms with E-state index in [4.69, 9.17) is 4.74 Å². The first-order chi connectivity index (χ1) is 6.65. The molecule has 1 unspecified atom stereocenters. The lowest BCUT2D eigenvalue weighted by molar-refractivity contribution is -0.150. The van der Waals surface area contributed by atoms with Crippen LogP contribution in [0.1, 0.15) is 40.0 Å². The molecule has 1 saturated carbocycles. The summed E-state index contributed by atoms with van der Waals surface area (Å²) in [5, 5.41) is 0. The minimum absolute atomic E-state index is 0.118. The Morgan fingerprint density at radius 1 is 1.29 bits per heavy atom. The highest BCUT2D eigenvalue weighted by atomic mass is 16.5. The zero-order valence-electron chi connectivity index (χ0n) is 9.32. The first-order valence-corrected chi connectivity index (χ1v) is 5.48. The molecule has 2 heteroatoms. The van der Waals surface area contributed by atoms with Crippen LogP contribution in [0.25, 0.3) is 0 Å². The molecule has 0 aromatic heterocycles. The van der Waals surface area contributed by atoms with E-state index in [0.29, 0.717) is 11.8 Å². The maximum absolute atomic E-state index is 11.3. The third kappa shape index (κ3) is 2.86. The number of carbonyl (C=O) groups is 1. The van der Waals surface area contributed by atoms with Gasteiger partial charge < -0.3 is 4.74 Å². The van der Waals surface area contributed by atoms with Gasteiger partial charge in [0, 0.05) is 6.08 Å². The van der Waals surface area contributed by atoms with Gasteiger partial charge in [0.25, 0.3) is 0 Å². The second-order valence-corrected chi connectivity index (χ2v) is 4.29. The number of hydrogen-bond donors (Lipinski definition) is 0. The first kappa shape index (κ1) is 11.3. The molecule has 0 saturated heterocycles. The molecule has 0 heterocycles. The van der Waals surface area contributed by atoms with Crippen LogP contribution in [0, 0.1) is 11.8 Å². The van der Waals surface area contributed by atoms with Crippen molar-refractivity contribution >= 4 is 5.97 Å². The number of rotatable bonds is 2. The van der Waals surface area contributed by atoms with Crippen molar-refractivity contribution in [1.29, 1.82) is 0 Å². The molecular weight excluding hydrogens is 176 g/mol. The number of esters is 1. The zero-order valence-corrected chi connectivity index (χ0v) is 9.32. The number of allylic oxidation sites excluding steroid dienone is 1. The number of ether oxygens (including phenoxy) is 1. The summed E-state index contributed by atoms with van der Waals surface area (Å²) in [5.74, 6) is 0.819. The second kappa shape index (κ2) is 5.18. The average molecular weight is 196 g/mol. The molecule has 1 aliphatic rings. The Balaban J connectivity index is 2.51. The van der Waals surface area contributed by atoms with E-state index < -0.39 is 0 Å². The fourth-order valence-electron chi connectivity index (χ4n) is 2.19. The topological polar surface area (TPSA) is 26.3 Å². The van der Waals surface area contributed by atoms with Gasteiger partial charge in [-0.15, -0.1) is 0 Å². The van der Waals surface area contributed by atoms with Gasteiger partial charge in [-0.1, -0.05) is 26.3 Å². The summed E-state index contributed by atoms with van der Waals surface area (Å²) < 4.78 is 5.43. The molecule has 0 aromatic carbocycles. The summed E-state index contributed by atoms with van der Waals surface area (Å²) in [6, 6.07) is 0. The molecular formula is C12H20O2. The molecule has 14 heavy (non-hydrogen) atoms. The Morgan fingerprint density at radius 3 is 2.36 bits per heavy atom. The third-order valence-electron chi connectivity index (χ3n) is 3.00. The van der Waals surface area contributed by atoms with Gasteiger partial charge in [-0.25, -0.2) is 4.79 Å². The molecule has 1 fully saturated rings. The molecule has 0 aliphatic heterocycles. The van der Waals surface area contributed by atoms with E-state index in [9.17, 15) is 4.79 Å². The second-order valence-electron chi connectivity index (χ2n) is 4.29. The number of hydrogen-bond acceptors (Lipinski definition) is 2. The fourth-order valence-corrected chi connectivity index (χ4v) is 2.19. The lowest BCUT2D eigenvalue weighted by Gasteiger charge is -2.33. The van der Waals surface area contributed by atoms with Crippen molar-refractivity contribution < 1.29 is 9.53 Å². The first-order valence-electron chi connectivity index (χ1n) is 5.48. The summed E-state index contributed by atoms with van der Waals surface area (Å²) in [4.78, 5) is 11.3. The molecule has 1 aliphatic carbocycles. The SMILES string of the molecule is C/C=C/C(=O)OC1[C@H](C)CCC[C@@H]1C. The molecule has 80 valence electrons. The Labute approximate surface area is 86.3 Å².